The summed E-state index contributed by atoms with van der Waals surface area (Å²) >= 11 is 0. The van der Waals surface area contributed by atoms with Crippen molar-refractivity contribution in [2.24, 2.45) is 7.05 Å². The van der Waals surface area contributed by atoms with Crippen molar-refractivity contribution < 1.29 is 9.50 Å². The molecular weight excluding hydrogens is 430 g/mol. The molecule has 0 unspecified atom stereocenters. The minimum absolute atomic E-state index is 0. The first-order valence-corrected chi connectivity index (χ1v) is 9.05. The quantitative estimate of drug-likeness (QED) is 0.550. The molecule has 1 fully saturated rings. The maximum absolute atomic E-state index is 14.2. The Morgan fingerprint density at radius 3 is 2.43 bits per heavy atom. The summed E-state index contributed by atoms with van der Waals surface area (Å²) in [5.41, 5.74) is 6.22. The Kier molecular flexibility index (Phi) is 7.27. The number of nitrogens with two attached hydrogens (primary N) is 1. The Morgan fingerprint density at radius 2 is 1.77 bits per heavy atom. The average molecular weight is 453 g/mol. The molecular formula is C20H23Cl2FN6O. The second-order valence-electron chi connectivity index (χ2n) is 7.16. The number of aromatic nitrogens is 4. The van der Waals surface area contributed by atoms with Crippen LogP contribution in [0.15, 0.2) is 24.3 Å². The van der Waals surface area contributed by atoms with Crippen molar-refractivity contribution in [1.29, 1.82) is 0 Å². The third kappa shape index (κ3) is 4.50. The molecule has 1 aliphatic heterocycles. The number of rotatable bonds is 1. The number of aryl methyl sites for hydroxylation is 1. The third-order valence-electron chi connectivity index (χ3n) is 5.08. The monoisotopic (exact) mass is 452 g/mol. The van der Waals surface area contributed by atoms with Gasteiger partial charge in [0.1, 0.15) is 17.2 Å². The summed E-state index contributed by atoms with van der Waals surface area (Å²) in [5, 5.41) is 10.6. The van der Waals surface area contributed by atoms with E-state index in [2.05, 4.69) is 31.7 Å². The first kappa shape index (κ1) is 23.8. The normalized spacial score (nSPS) is 15.6. The van der Waals surface area contributed by atoms with E-state index in [4.69, 9.17) is 5.73 Å². The van der Waals surface area contributed by atoms with E-state index in [9.17, 15) is 9.50 Å². The summed E-state index contributed by atoms with van der Waals surface area (Å²) in [4.78, 5) is 15.2. The van der Waals surface area contributed by atoms with Crippen LogP contribution in [0.1, 0.15) is 18.7 Å². The van der Waals surface area contributed by atoms with Gasteiger partial charge in [0.15, 0.2) is 17.0 Å². The van der Waals surface area contributed by atoms with Gasteiger partial charge in [-0.3, -0.25) is 0 Å². The van der Waals surface area contributed by atoms with Gasteiger partial charge in [-0.2, -0.15) is 0 Å². The van der Waals surface area contributed by atoms with E-state index in [1.165, 1.54) is 6.07 Å². The Labute approximate surface area is 186 Å². The molecule has 1 aliphatic rings. The highest BCUT2D eigenvalue weighted by molar-refractivity contribution is 5.86. The lowest BCUT2D eigenvalue weighted by molar-refractivity contribution is 0.0350. The SMILES string of the molecule is CN1CCC(O)(C#Cc2nc(N)c3nc(-c4ccccc4F)n(C)c3n2)CC1.Cl.Cl. The van der Waals surface area contributed by atoms with Crippen molar-refractivity contribution in [2.75, 3.05) is 25.9 Å². The van der Waals surface area contributed by atoms with Crippen LogP contribution >= 0.6 is 24.8 Å². The number of imidazole rings is 1. The van der Waals surface area contributed by atoms with Gasteiger partial charge in [-0.05, 0) is 25.1 Å². The van der Waals surface area contributed by atoms with Crippen LogP contribution in [0.3, 0.4) is 0 Å². The predicted octanol–water partition coefficient (Wildman–Crippen LogP) is 2.40. The van der Waals surface area contributed by atoms with Crippen molar-refractivity contribution >= 4 is 41.8 Å². The average Bonchev–Trinajstić information content (AvgIpc) is 3.01. The molecule has 1 aromatic carbocycles. The van der Waals surface area contributed by atoms with E-state index in [1.54, 1.807) is 29.8 Å². The molecule has 30 heavy (non-hydrogen) atoms. The smallest absolute Gasteiger partial charge is 0.209 e. The second-order valence-corrected chi connectivity index (χ2v) is 7.16. The number of halogens is 3. The van der Waals surface area contributed by atoms with Gasteiger partial charge < -0.3 is 20.3 Å². The second kappa shape index (κ2) is 9.14. The highest BCUT2D eigenvalue weighted by Crippen LogP contribution is 2.27. The maximum atomic E-state index is 14.2. The molecule has 3 heterocycles. The summed E-state index contributed by atoms with van der Waals surface area (Å²) in [5.74, 6) is 6.17. The maximum Gasteiger partial charge on any atom is 0.209 e. The Hall–Kier alpha value is -2.44. The molecule has 2 aromatic heterocycles. The van der Waals surface area contributed by atoms with E-state index in [0.29, 0.717) is 35.4 Å². The largest absolute Gasteiger partial charge is 0.382 e. The zero-order valence-electron chi connectivity index (χ0n) is 16.6. The van der Waals surface area contributed by atoms with Crippen LogP contribution in [-0.2, 0) is 7.05 Å². The zero-order chi connectivity index (χ0) is 19.9. The van der Waals surface area contributed by atoms with Crippen LogP contribution in [0.5, 0.6) is 0 Å². The lowest BCUT2D eigenvalue weighted by atomic mass is 9.92. The first-order chi connectivity index (χ1) is 13.4. The number of hydrogen-bond acceptors (Lipinski definition) is 6. The van der Waals surface area contributed by atoms with Crippen LogP contribution in [-0.4, -0.2) is 55.3 Å². The first-order valence-electron chi connectivity index (χ1n) is 9.05. The fraction of sp³-hybridized carbons (Fsp3) is 0.350. The third-order valence-corrected chi connectivity index (χ3v) is 5.08. The molecule has 0 aliphatic carbocycles. The van der Waals surface area contributed by atoms with Crippen LogP contribution in [0.4, 0.5) is 10.2 Å². The minimum Gasteiger partial charge on any atom is -0.382 e. The summed E-state index contributed by atoms with van der Waals surface area (Å²) < 4.78 is 15.9. The van der Waals surface area contributed by atoms with Crippen molar-refractivity contribution in [2.45, 2.75) is 18.4 Å². The molecule has 0 spiro atoms. The van der Waals surface area contributed by atoms with Gasteiger partial charge in [-0.15, -0.1) is 24.8 Å². The molecule has 0 atom stereocenters. The lowest BCUT2D eigenvalue weighted by Gasteiger charge is -2.32. The van der Waals surface area contributed by atoms with E-state index < -0.39 is 5.60 Å². The summed E-state index contributed by atoms with van der Waals surface area (Å²) in [6, 6.07) is 6.39. The standard InChI is InChI=1S/C20H21FN6O.2ClH/c1-26-11-9-20(28,10-12-26)8-7-15-23-17(22)16-19(24-15)27(2)18(25-16)13-5-3-4-6-14(13)21;;/h3-6,28H,9-12H2,1-2H3,(H2,22,23,24);2*1H. The summed E-state index contributed by atoms with van der Waals surface area (Å²) in [6.07, 6.45) is 1.13. The number of piperidine rings is 1. The summed E-state index contributed by atoms with van der Waals surface area (Å²) in [6.45, 7) is 1.56. The predicted molar refractivity (Wildman–Crippen MR) is 119 cm³/mol. The van der Waals surface area contributed by atoms with Crippen LogP contribution in [0, 0.1) is 17.7 Å². The van der Waals surface area contributed by atoms with Crippen LogP contribution in [0.25, 0.3) is 22.6 Å². The molecule has 160 valence electrons. The van der Waals surface area contributed by atoms with Crippen LogP contribution < -0.4 is 5.73 Å². The fourth-order valence-corrected chi connectivity index (χ4v) is 3.31. The fourth-order valence-electron chi connectivity index (χ4n) is 3.31. The molecule has 0 saturated carbocycles. The Morgan fingerprint density at radius 1 is 1.10 bits per heavy atom. The topological polar surface area (TPSA) is 93.1 Å². The summed E-state index contributed by atoms with van der Waals surface area (Å²) in [7, 11) is 3.76. The highest BCUT2D eigenvalue weighted by atomic mass is 35.5. The number of likely N-dealkylation sites (tertiary alicyclic amines) is 1. The van der Waals surface area contributed by atoms with Gasteiger partial charge in [-0.1, -0.05) is 18.1 Å². The van der Waals surface area contributed by atoms with Crippen molar-refractivity contribution in [3.05, 3.63) is 35.9 Å². The van der Waals surface area contributed by atoms with E-state index in [-0.39, 0.29) is 42.3 Å². The van der Waals surface area contributed by atoms with Gasteiger partial charge in [-0.25, -0.2) is 19.3 Å². The van der Waals surface area contributed by atoms with Crippen molar-refractivity contribution in [3.63, 3.8) is 0 Å². The Balaban J connectivity index is 0.00000160. The van der Waals surface area contributed by atoms with Gasteiger partial charge >= 0.3 is 0 Å². The molecule has 1 saturated heterocycles. The molecule has 0 bridgehead atoms. The molecule has 7 nitrogen and oxygen atoms in total. The molecule has 3 aromatic rings. The molecule has 4 rings (SSSR count). The van der Waals surface area contributed by atoms with Gasteiger partial charge in [0.25, 0.3) is 0 Å². The van der Waals surface area contributed by atoms with Gasteiger partial charge in [0.2, 0.25) is 5.82 Å². The Bertz CT molecular complexity index is 1120. The molecule has 0 radical (unpaired) electrons. The molecule has 10 heteroatoms. The van der Waals surface area contributed by atoms with E-state index in [1.807, 2.05) is 7.05 Å². The van der Waals surface area contributed by atoms with Crippen LogP contribution in [0.2, 0.25) is 0 Å². The number of nitrogen functional groups attached to an aromatic ring is 1. The van der Waals surface area contributed by atoms with Crippen molar-refractivity contribution in [1.82, 2.24) is 24.4 Å². The van der Waals surface area contributed by atoms with Gasteiger partial charge in [0.05, 0.1) is 5.56 Å². The number of fused-ring (bicyclic) bond motifs is 1. The number of hydrogen-bond donors (Lipinski definition) is 2. The number of aliphatic hydroxyl groups is 1. The zero-order valence-corrected chi connectivity index (χ0v) is 18.2. The van der Waals surface area contributed by atoms with E-state index in [0.717, 1.165) is 13.1 Å². The highest BCUT2D eigenvalue weighted by Gasteiger charge is 2.29. The van der Waals surface area contributed by atoms with E-state index >= 15 is 0 Å². The molecule has 0 amide bonds. The number of anilines is 1. The number of nitrogens with zero attached hydrogens (tertiary/aromatic N) is 5. The van der Waals surface area contributed by atoms with Gasteiger partial charge in [0, 0.05) is 33.0 Å². The number of benzene rings is 1. The lowest BCUT2D eigenvalue weighted by Crippen LogP contribution is -2.41. The molecule has 3 N–H and O–H groups in total. The minimum atomic E-state index is -1.05. The van der Waals surface area contributed by atoms with Crippen molar-refractivity contribution in [3.8, 4) is 23.2 Å².